The maximum Gasteiger partial charge on any atom is 0.573 e. The predicted molar refractivity (Wildman–Crippen MR) is 77.3 cm³/mol. The normalized spacial score (nSPS) is 12.3. The van der Waals surface area contributed by atoms with Crippen molar-refractivity contribution in [3.8, 4) is 16.9 Å². The maximum absolute atomic E-state index is 12.1. The summed E-state index contributed by atoms with van der Waals surface area (Å²) in [6.45, 7) is 6.39. The molecule has 0 unspecified atom stereocenters. The van der Waals surface area contributed by atoms with Gasteiger partial charge in [0, 0.05) is 0 Å². The second-order valence-corrected chi connectivity index (χ2v) is 5.90. The van der Waals surface area contributed by atoms with Gasteiger partial charge in [-0.25, -0.2) is 0 Å². The van der Waals surface area contributed by atoms with Crippen LogP contribution < -0.4 is 4.74 Å². The van der Waals surface area contributed by atoms with E-state index in [0.29, 0.717) is 0 Å². The summed E-state index contributed by atoms with van der Waals surface area (Å²) in [6.07, 6.45) is -4.66. The third kappa shape index (κ3) is 4.25. The van der Waals surface area contributed by atoms with Crippen molar-refractivity contribution in [2.24, 2.45) is 0 Å². The van der Waals surface area contributed by atoms with Crippen LogP contribution >= 0.6 is 0 Å². The van der Waals surface area contributed by atoms with Gasteiger partial charge in [0.05, 0.1) is 0 Å². The number of halogens is 3. The van der Waals surface area contributed by atoms with Crippen LogP contribution in [0.25, 0.3) is 11.1 Å². The van der Waals surface area contributed by atoms with Gasteiger partial charge in [0.2, 0.25) is 0 Å². The average molecular weight is 294 g/mol. The number of rotatable bonds is 2. The lowest BCUT2D eigenvalue weighted by molar-refractivity contribution is -0.274. The average Bonchev–Trinajstić information content (AvgIpc) is 2.37. The maximum atomic E-state index is 12.1. The van der Waals surface area contributed by atoms with Crippen LogP contribution in [0, 0.1) is 0 Å². The van der Waals surface area contributed by atoms with E-state index < -0.39 is 6.36 Å². The van der Waals surface area contributed by atoms with Crippen LogP contribution in [-0.4, -0.2) is 6.36 Å². The van der Waals surface area contributed by atoms with Gasteiger partial charge in [-0.05, 0) is 34.2 Å². The zero-order valence-electron chi connectivity index (χ0n) is 12.2. The van der Waals surface area contributed by atoms with E-state index in [1.54, 1.807) is 12.1 Å². The van der Waals surface area contributed by atoms with Crippen molar-refractivity contribution >= 4 is 0 Å². The Balaban J connectivity index is 2.19. The fraction of sp³-hybridized carbons (Fsp3) is 0.294. The SMILES string of the molecule is CC(C)(C)c1ccc(-c2ccc(OC(F)(F)F)cc2)cc1. The molecule has 0 N–H and O–H groups in total. The second-order valence-electron chi connectivity index (χ2n) is 5.90. The molecule has 0 atom stereocenters. The van der Waals surface area contributed by atoms with Crippen LogP contribution in [0.2, 0.25) is 0 Å². The van der Waals surface area contributed by atoms with Gasteiger partial charge in [-0.1, -0.05) is 57.2 Å². The van der Waals surface area contributed by atoms with E-state index in [9.17, 15) is 13.2 Å². The molecule has 2 rings (SSSR count). The van der Waals surface area contributed by atoms with E-state index >= 15 is 0 Å². The first-order valence-electron chi connectivity index (χ1n) is 6.62. The van der Waals surface area contributed by atoms with Crippen molar-refractivity contribution in [2.45, 2.75) is 32.5 Å². The van der Waals surface area contributed by atoms with E-state index in [1.165, 1.54) is 17.7 Å². The molecule has 0 radical (unpaired) electrons. The lowest BCUT2D eigenvalue weighted by Gasteiger charge is -2.19. The largest absolute Gasteiger partial charge is 0.573 e. The molecule has 0 heterocycles. The van der Waals surface area contributed by atoms with Crippen LogP contribution in [0.15, 0.2) is 48.5 Å². The van der Waals surface area contributed by atoms with Crippen molar-refractivity contribution in [1.29, 1.82) is 0 Å². The highest BCUT2D eigenvalue weighted by Crippen LogP contribution is 2.28. The first kappa shape index (κ1) is 15.4. The molecule has 0 bridgehead atoms. The predicted octanol–water partition coefficient (Wildman–Crippen LogP) is 5.55. The molecular formula is C17H17F3O. The van der Waals surface area contributed by atoms with Gasteiger partial charge in [-0.3, -0.25) is 0 Å². The molecule has 0 aromatic heterocycles. The summed E-state index contributed by atoms with van der Waals surface area (Å²) in [4.78, 5) is 0. The van der Waals surface area contributed by atoms with Gasteiger partial charge in [0.1, 0.15) is 5.75 Å². The Kier molecular flexibility index (Phi) is 3.99. The molecular weight excluding hydrogens is 277 g/mol. The second kappa shape index (κ2) is 5.43. The molecule has 0 saturated carbocycles. The Morgan fingerprint density at radius 2 is 1.14 bits per heavy atom. The standard InChI is InChI=1S/C17H17F3O/c1-16(2,3)14-8-4-12(5-9-14)13-6-10-15(11-7-13)21-17(18,19)20/h4-11H,1-3H3. The Bertz CT molecular complexity index is 590. The summed E-state index contributed by atoms with van der Waals surface area (Å²) >= 11 is 0. The zero-order chi connectivity index (χ0) is 15.7. The van der Waals surface area contributed by atoms with Crippen molar-refractivity contribution in [2.75, 3.05) is 0 Å². The van der Waals surface area contributed by atoms with Gasteiger partial charge >= 0.3 is 6.36 Å². The molecule has 2 aromatic carbocycles. The molecule has 0 spiro atoms. The van der Waals surface area contributed by atoms with Crippen LogP contribution in [-0.2, 0) is 5.41 Å². The molecule has 0 aliphatic carbocycles. The highest BCUT2D eigenvalue weighted by molar-refractivity contribution is 5.64. The van der Waals surface area contributed by atoms with Gasteiger partial charge < -0.3 is 4.74 Å². The molecule has 0 fully saturated rings. The quantitative estimate of drug-likeness (QED) is 0.705. The summed E-state index contributed by atoms with van der Waals surface area (Å²) in [5, 5.41) is 0. The minimum atomic E-state index is -4.66. The lowest BCUT2D eigenvalue weighted by Crippen LogP contribution is -2.16. The minimum Gasteiger partial charge on any atom is -0.406 e. The summed E-state index contributed by atoms with van der Waals surface area (Å²) in [7, 11) is 0. The first-order chi connectivity index (χ1) is 9.65. The van der Waals surface area contributed by atoms with E-state index in [4.69, 9.17) is 0 Å². The smallest absolute Gasteiger partial charge is 0.406 e. The molecule has 0 saturated heterocycles. The fourth-order valence-corrected chi connectivity index (χ4v) is 2.01. The van der Waals surface area contributed by atoms with Crippen molar-refractivity contribution in [3.05, 3.63) is 54.1 Å². The summed E-state index contributed by atoms with van der Waals surface area (Å²) in [5.74, 6) is -0.211. The molecule has 4 heteroatoms. The Hall–Kier alpha value is -1.97. The molecule has 0 aliphatic heterocycles. The van der Waals surface area contributed by atoms with Crippen molar-refractivity contribution < 1.29 is 17.9 Å². The molecule has 2 aromatic rings. The topological polar surface area (TPSA) is 9.23 Å². The Labute approximate surface area is 122 Å². The van der Waals surface area contributed by atoms with Crippen molar-refractivity contribution in [3.63, 3.8) is 0 Å². The Morgan fingerprint density at radius 1 is 0.714 bits per heavy atom. The third-order valence-corrected chi connectivity index (χ3v) is 3.17. The number of benzene rings is 2. The van der Waals surface area contributed by atoms with Gasteiger partial charge in [0.25, 0.3) is 0 Å². The molecule has 1 nitrogen and oxygen atoms in total. The van der Waals surface area contributed by atoms with Gasteiger partial charge in [0.15, 0.2) is 0 Å². The van der Waals surface area contributed by atoms with Gasteiger partial charge in [-0.2, -0.15) is 0 Å². The van der Waals surface area contributed by atoms with Crippen LogP contribution in [0.3, 0.4) is 0 Å². The van der Waals surface area contributed by atoms with E-state index in [0.717, 1.165) is 11.1 Å². The lowest BCUT2D eigenvalue weighted by atomic mass is 9.86. The number of hydrogen-bond donors (Lipinski definition) is 0. The van der Waals surface area contributed by atoms with E-state index in [2.05, 4.69) is 25.5 Å². The zero-order valence-corrected chi connectivity index (χ0v) is 12.2. The third-order valence-electron chi connectivity index (χ3n) is 3.17. The summed E-state index contributed by atoms with van der Waals surface area (Å²) < 4.78 is 40.2. The highest BCUT2D eigenvalue weighted by atomic mass is 19.4. The summed E-state index contributed by atoms with van der Waals surface area (Å²) in [5.41, 5.74) is 3.10. The summed E-state index contributed by atoms with van der Waals surface area (Å²) in [6, 6.07) is 13.9. The monoisotopic (exact) mass is 294 g/mol. The molecule has 21 heavy (non-hydrogen) atoms. The molecule has 112 valence electrons. The van der Waals surface area contributed by atoms with Crippen LogP contribution in [0.1, 0.15) is 26.3 Å². The van der Waals surface area contributed by atoms with E-state index in [1.807, 2.05) is 24.3 Å². The van der Waals surface area contributed by atoms with Crippen LogP contribution in [0.5, 0.6) is 5.75 Å². The Morgan fingerprint density at radius 3 is 1.52 bits per heavy atom. The number of alkyl halides is 3. The molecule has 0 amide bonds. The minimum absolute atomic E-state index is 0.0724. The number of ether oxygens (including phenoxy) is 1. The highest BCUT2D eigenvalue weighted by Gasteiger charge is 2.30. The van der Waals surface area contributed by atoms with Gasteiger partial charge in [-0.15, -0.1) is 13.2 Å². The fourth-order valence-electron chi connectivity index (χ4n) is 2.01. The first-order valence-corrected chi connectivity index (χ1v) is 6.62. The van der Waals surface area contributed by atoms with Crippen LogP contribution in [0.4, 0.5) is 13.2 Å². The van der Waals surface area contributed by atoms with E-state index in [-0.39, 0.29) is 11.2 Å². The number of hydrogen-bond acceptors (Lipinski definition) is 1. The van der Waals surface area contributed by atoms with Crippen molar-refractivity contribution in [1.82, 2.24) is 0 Å². The molecule has 0 aliphatic rings.